The molecule has 0 aliphatic heterocycles. The Morgan fingerprint density at radius 2 is 2.00 bits per heavy atom. The van der Waals surface area contributed by atoms with Gasteiger partial charge in [0, 0.05) is 16.2 Å². The molecule has 0 saturated heterocycles. The quantitative estimate of drug-likeness (QED) is 0.894. The molecule has 0 unspecified atom stereocenters. The van der Waals surface area contributed by atoms with E-state index in [4.69, 9.17) is 5.14 Å². The number of nitrogens with one attached hydrogen (secondary N) is 1. The third kappa shape index (κ3) is 3.48. The Morgan fingerprint density at radius 3 is 2.40 bits per heavy atom. The van der Waals surface area contributed by atoms with Crippen molar-refractivity contribution in [2.75, 3.05) is 5.32 Å². The van der Waals surface area contributed by atoms with Crippen molar-refractivity contribution in [1.29, 1.82) is 0 Å². The molecule has 0 amide bonds. The van der Waals surface area contributed by atoms with Gasteiger partial charge in [-0.25, -0.2) is 13.6 Å². The second-order valence-corrected chi connectivity index (χ2v) is 5.90. The zero-order chi connectivity index (χ0) is 11.6. The third-order valence-electron chi connectivity index (χ3n) is 1.71. The van der Waals surface area contributed by atoms with Gasteiger partial charge < -0.3 is 5.32 Å². The van der Waals surface area contributed by atoms with Gasteiger partial charge in [-0.05, 0) is 48.0 Å². The first-order valence-electron chi connectivity index (χ1n) is 4.39. The molecular formula is C9H13BrN2O2S. The fourth-order valence-corrected chi connectivity index (χ4v) is 2.29. The lowest BCUT2D eigenvalue weighted by Gasteiger charge is -2.12. The topological polar surface area (TPSA) is 72.2 Å². The van der Waals surface area contributed by atoms with E-state index < -0.39 is 10.0 Å². The summed E-state index contributed by atoms with van der Waals surface area (Å²) in [5.74, 6) is 0. The number of benzene rings is 1. The normalized spacial score (nSPS) is 11.8. The van der Waals surface area contributed by atoms with E-state index in [1.54, 1.807) is 6.07 Å². The maximum absolute atomic E-state index is 11.1. The Kier molecular flexibility index (Phi) is 3.75. The van der Waals surface area contributed by atoms with Gasteiger partial charge in [0.25, 0.3) is 0 Å². The van der Waals surface area contributed by atoms with Crippen molar-refractivity contribution < 1.29 is 8.42 Å². The van der Waals surface area contributed by atoms with E-state index in [2.05, 4.69) is 21.2 Å². The molecule has 3 N–H and O–H groups in total. The maximum atomic E-state index is 11.1. The first kappa shape index (κ1) is 12.5. The summed E-state index contributed by atoms with van der Waals surface area (Å²) >= 11 is 3.29. The van der Waals surface area contributed by atoms with Crippen LogP contribution in [0.4, 0.5) is 5.69 Å². The highest BCUT2D eigenvalue weighted by molar-refractivity contribution is 9.10. The van der Waals surface area contributed by atoms with Gasteiger partial charge in [-0.1, -0.05) is 0 Å². The van der Waals surface area contributed by atoms with Gasteiger partial charge in [-0.2, -0.15) is 0 Å². The van der Waals surface area contributed by atoms with E-state index in [1.807, 2.05) is 13.8 Å². The van der Waals surface area contributed by atoms with Gasteiger partial charge in [-0.3, -0.25) is 0 Å². The van der Waals surface area contributed by atoms with Crippen LogP contribution in [0.25, 0.3) is 0 Å². The van der Waals surface area contributed by atoms with Crippen molar-refractivity contribution in [2.24, 2.45) is 5.14 Å². The number of rotatable bonds is 3. The van der Waals surface area contributed by atoms with Crippen LogP contribution in [0.1, 0.15) is 13.8 Å². The van der Waals surface area contributed by atoms with Gasteiger partial charge in [0.1, 0.15) is 0 Å². The molecule has 0 atom stereocenters. The average Bonchev–Trinajstić information content (AvgIpc) is 2.05. The van der Waals surface area contributed by atoms with Crippen LogP contribution in [0.3, 0.4) is 0 Å². The van der Waals surface area contributed by atoms with E-state index in [0.717, 1.165) is 5.69 Å². The van der Waals surface area contributed by atoms with Crippen LogP contribution in [-0.2, 0) is 10.0 Å². The van der Waals surface area contributed by atoms with Crippen molar-refractivity contribution in [1.82, 2.24) is 0 Å². The Hall–Kier alpha value is -0.590. The number of halogens is 1. The number of nitrogens with two attached hydrogens (primary N) is 1. The Labute approximate surface area is 98.0 Å². The van der Waals surface area contributed by atoms with E-state index >= 15 is 0 Å². The summed E-state index contributed by atoms with van der Waals surface area (Å²) in [4.78, 5) is 0.101. The van der Waals surface area contributed by atoms with Crippen LogP contribution in [0.15, 0.2) is 27.6 Å². The smallest absolute Gasteiger partial charge is 0.238 e. The van der Waals surface area contributed by atoms with E-state index in [0.29, 0.717) is 4.47 Å². The van der Waals surface area contributed by atoms with Crippen molar-refractivity contribution in [2.45, 2.75) is 24.8 Å². The zero-order valence-electron chi connectivity index (χ0n) is 8.49. The predicted octanol–water partition coefficient (Wildman–Crippen LogP) is 1.92. The second-order valence-electron chi connectivity index (χ2n) is 3.49. The van der Waals surface area contributed by atoms with Gasteiger partial charge in [0.2, 0.25) is 10.0 Å². The van der Waals surface area contributed by atoms with Crippen molar-refractivity contribution in [3.05, 3.63) is 22.7 Å². The highest BCUT2D eigenvalue weighted by atomic mass is 79.9. The minimum atomic E-state index is -3.63. The lowest BCUT2D eigenvalue weighted by atomic mass is 10.3. The monoisotopic (exact) mass is 292 g/mol. The molecule has 0 fully saturated rings. The van der Waals surface area contributed by atoms with Gasteiger partial charge >= 0.3 is 0 Å². The summed E-state index contributed by atoms with van der Waals surface area (Å²) in [6, 6.07) is 4.93. The van der Waals surface area contributed by atoms with E-state index in [1.165, 1.54) is 12.1 Å². The minimum Gasteiger partial charge on any atom is -0.382 e. The van der Waals surface area contributed by atoms with Crippen molar-refractivity contribution >= 4 is 31.6 Å². The van der Waals surface area contributed by atoms with E-state index in [9.17, 15) is 8.42 Å². The highest BCUT2D eigenvalue weighted by Crippen LogP contribution is 2.25. The van der Waals surface area contributed by atoms with Crippen LogP contribution in [0.2, 0.25) is 0 Å². The summed E-state index contributed by atoms with van der Waals surface area (Å²) in [7, 11) is -3.63. The Balaban J connectivity index is 3.09. The standard InChI is InChI=1S/C9H13BrN2O2S/c1-6(2)12-9-4-3-7(5-8(9)10)15(11,13)14/h3-6,12H,1-2H3,(H2,11,13,14). The number of hydrogen-bond donors (Lipinski definition) is 2. The lowest BCUT2D eigenvalue weighted by Crippen LogP contribution is -2.13. The third-order valence-corrected chi connectivity index (χ3v) is 3.28. The summed E-state index contributed by atoms with van der Waals surface area (Å²) in [6.07, 6.45) is 0. The molecule has 84 valence electrons. The molecule has 15 heavy (non-hydrogen) atoms. The number of anilines is 1. The van der Waals surface area contributed by atoms with Crippen LogP contribution < -0.4 is 10.5 Å². The molecule has 1 rings (SSSR count). The van der Waals surface area contributed by atoms with Gasteiger partial charge in [0.15, 0.2) is 0 Å². The zero-order valence-corrected chi connectivity index (χ0v) is 10.9. The minimum absolute atomic E-state index is 0.101. The molecule has 0 spiro atoms. The van der Waals surface area contributed by atoms with Crippen LogP contribution in [0, 0.1) is 0 Å². The lowest BCUT2D eigenvalue weighted by molar-refractivity contribution is 0.598. The largest absolute Gasteiger partial charge is 0.382 e. The fraction of sp³-hybridized carbons (Fsp3) is 0.333. The van der Waals surface area contributed by atoms with Crippen molar-refractivity contribution in [3.63, 3.8) is 0 Å². The molecule has 0 saturated carbocycles. The predicted molar refractivity (Wildman–Crippen MR) is 64.3 cm³/mol. The second kappa shape index (κ2) is 4.51. The Morgan fingerprint density at radius 1 is 1.40 bits per heavy atom. The summed E-state index contributed by atoms with van der Waals surface area (Å²) in [5.41, 5.74) is 0.845. The molecule has 0 radical (unpaired) electrons. The highest BCUT2D eigenvalue weighted by Gasteiger charge is 2.10. The summed E-state index contributed by atoms with van der Waals surface area (Å²) in [6.45, 7) is 4.00. The van der Waals surface area contributed by atoms with Crippen LogP contribution in [-0.4, -0.2) is 14.5 Å². The van der Waals surface area contributed by atoms with Crippen LogP contribution in [0.5, 0.6) is 0 Å². The molecule has 0 aliphatic rings. The molecule has 0 aromatic heterocycles. The summed E-state index contributed by atoms with van der Waals surface area (Å²) in [5, 5.41) is 8.18. The SMILES string of the molecule is CC(C)Nc1ccc(S(N)(=O)=O)cc1Br. The fourth-order valence-electron chi connectivity index (χ4n) is 1.10. The molecule has 0 bridgehead atoms. The maximum Gasteiger partial charge on any atom is 0.238 e. The molecule has 0 heterocycles. The molecular weight excluding hydrogens is 280 g/mol. The molecule has 1 aromatic rings. The number of hydrogen-bond acceptors (Lipinski definition) is 3. The molecule has 1 aromatic carbocycles. The molecule has 4 nitrogen and oxygen atoms in total. The summed E-state index contributed by atoms with van der Waals surface area (Å²) < 4.78 is 22.8. The average molecular weight is 293 g/mol. The van der Waals surface area contributed by atoms with Gasteiger partial charge in [-0.15, -0.1) is 0 Å². The molecule has 6 heteroatoms. The first-order valence-corrected chi connectivity index (χ1v) is 6.73. The number of sulfonamides is 1. The Bertz CT molecular complexity index is 457. The van der Waals surface area contributed by atoms with Gasteiger partial charge in [0.05, 0.1) is 4.90 Å². The van der Waals surface area contributed by atoms with Crippen molar-refractivity contribution in [3.8, 4) is 0 Å². The van der Waals surface area contributed by atoms with Crippen LogP contribution >= 0.6 is 15.9 Å². The number of primary sulfonamides is 1. The first-order chi connectivity index (χ1) is 6.80. The van der Waals surface area contributed by atoms with E-state index in [-0.39, 0.29) is 10.9 Å². The molecule has 0 aliphatic carbocycles.